The summed E-state index contributed by atoms with van der Waals surface area (Å²) in [6.07, 6.45) is 2.98. The molecule has 3 heteroatoms. The van der Waals surface area contributed by atoms with Crippen LogP contribution in [-0.2, 0) is 0 Å². The van der Waals surface area contributed by atoms with Gasteiger partial charge in [0.05, 0.1) is 12.3 Å². The summed E-state index contributed by atoms with van der Waals surface area (Å²) in [5, 5.41) is 8.74. The van der Waals surface area contributed by atoms with Crippen molar-refractivity contribution in [2.45, 2.75) is 6.04 Å². The molecule has 54 valence electrons. The lowest BCUT2D eigenvalue weighted by molar-refractivity contribution is 0.332. The lowest BCUT2D eigenvalue weighted by Crippen LogP contribution is -2.04. The van der Waals surface area contributed by atoms with Crippen molar-refractivity contribution >= 4 is 0 Å². The highest BCUT2D eigenvalue weighted by Gasteiger charge is 2.04. The van der Waals surface area contributed by atoms with Crippen molar-refractivity contribution in [3.8, 4) is 5.95 Å². The second-order valence-corrected chi connectivity index (χ2v) is 1.98. The first-order valence-electron chi connectivity index (χ1n) is 2.89. The van der Waals surface area contributed by atoms with Gasteiger partial charge in [0.15, 0.2) is 0 Å². The van der Waals surface area contributed by atoms with Crippen LogP contribution in [0.15, 0.2) is 29.4 Å². The summed E-state index contributed by atoms with van der Waals surface area (Å²) in [6, 6.07) is 1.21. The lowest BCUT2D eigenvalue weighted by Gasteiger charge is -1.97. The molecular formula is C7H9NO2. The van der Waals surface area contributed by atoms with Crippen LogP contribution in [0.4, 0.5) is 0 Å². The molecule has 0 amide bonds. The predicted molar refractivity (Wildman–Crippen MR) is 37.5 cm³/mol. The molecule has 0 spiro atoms. The molecule has 1 aromatic heterocycles. The Hall–Kier alpha value is -1.22. The molecule has 0 aromatic carbocycles. The zero-order valence-corrected chi connectivity index (χ0v) is 5.45. The molecule has 0 unspecified atom stereocenters. The standard InChI is InChI=1S/C7H9NO2/c1-2-6(8)5-3-7(9)10-4-5/h2-4,6,9H,1,8H2/t6-/m1/s1. The summed E-state index contributed by atoms with van der Waals surface area (Å²) in [6.45, 7) is 3.50. The Morgan fingerprint density at radius 3 is 2.90 bits per heavy atom. The highest BCUT2D eigenvalue weighted by Crippen LogP contribution is 2.18. The van der Waals surface area contributed by atoms with Crippen LogP contribution in [0.3, 0.4) is 0 Å². The molecule has 0 aliphatic rings. The third-order valence-electron chi connectivity index (χ3n) is 1.24. The summed E-state index contributed by atoms with van der Waals surface area (Å²) in [4.78, 5) is 0. The highest BCUT2D eigenvalue weighted by molar-refractivity contribution is 5.22. The Labute approximate surface area is 58.8 Å². The number of aromatic hydroxyl groups is 1. The first-order valence-corrected chi connectivity index (χ1v) is 2.89. The van der Waals surface area contributed by atoms with Crippen LogP contribution in [0.2, 0.25) is 0 Å². The van der Waals surface area contributed by atoms with Crippen molar-refractivity contribution in [2.24, 2.45) is 5.73 Å². The van der Waals surface area contributed by atoms with Crippen LogP contribution in [-0.4, -0.2) is 5.11 Å². The van der Waals surface area contributed by atoms with E-state index >= 15 is 0 Å². The number of furan rings is 1. The summed E-state index contributed by atoms with van der Waals surface area (Å²) in [5.41, 5.74) is 6.25. The zero-order chi connectivity index (χ0) is 7.56. The van der Waals surface area contributed by atoms with Crippen LogP contribution in [0.1, 0.15) is 11.6 Å². The van der Waals surface area contributed by atoms with E-state index in [0.29, 0.717) is 0 Å². The topological polar surface area (TPSA) is 59.4 Å². The van der Waals surface area contributed by atoms with Gasteiger partial charge in [-0.3, -0.25) is 0 Å². The molecule has 0 aliphatic carbocycles. The fraction of sp³-hybridized carbons (Fsp3) is 0.143. The Morgan fingerprint density at radius 2 is 2.50 bits per heavy atom. The molecule has 0 aliphatic heterocycles. The van der Waals surface area contributed by atoms with Gasteiger partial charge in [-0.25, -0.2) is 0 Å². The molecule has 1 atom stereocenters. The Morgan fingerprint density at radius 1 is 1.80 bits per heavy atom. The first kappa shape index (κ1) is 6.89. The summed E-state index contributed by atoms with van der Waals surface area (Å²) in [5.74, 6) is -0.118. The molecule has 3 nitrogen and oxygen atoms in total. The summed E-state index contributed by atoms with van der Waals surface area (Å²) >= 11 is 0. The van der Waals surface area contributed by atoms with E-state index in [1.54, 1.807) is 6.08 Å². The quantitative estimate of drug-likeness (QED) is 0.604. The Bertz CT molecular complexity index is 229. The van der Waals surface area contributed by atoms with Gasteiger partial charge < -0.3 is 15.3 Å². The molecule has 10 heavy (non-hydrogen) atoms. The van der Waals surface area contributed by atoms with E-state index in [9.17, 15) is 0 Å². The van der Waals surface area contributed by atoms with Crippen molar-refractivity contribution in [1.82, 2.24) is 0 Å². The maximum Gasteiger partial charge on any atom is 0.282 e. The zero-order valence-electron chi connectivity index (χ0n) is 5.45. The van der Waals surface area contributed by atoms with Crippen molar-refractivity contribution in [3.63, 3.8) is 0 Å². The number of nitrogens with two attached hydrogens (primary N) is 1. The molecule has 0 radical (unpaired) electrons. The average molecular weight is 139 g/mol. The molecule has 1 aromatic rings. The monoisotopic (exact) mass is 139 g/mol. The smallest absolute Gasteiger partial charge is 0.282 e. The van der Waals surface area contributed by atoms with E-state index in [1.165, 1.54) is 12.3 Å². The molecule has 1 heterocycles. The molecule has 3 N–H and O–H groups in total. The van der Waals surface area contributed by atoms with Gasteiger partial charge in [0, 0.05) is 11.6 Å². The third-order valence-corrected chi connectivity index (χ3v) is 1.24. The van der Waals surface area contributed by atoms with Crippen molar-refractivity contribution < 1.29 is 9.52 Å². The largest absolute Gasteiger partial charge is 0.481 e. The van der Waals surface area contributed by atoms with Crippen LogP contribution < -0.4 is 5.73 Å². The second kappa shape index (κ2) is 2.58. The summed E-state index contributed by atoms with van der Waals surface area (Å²) in [7, 11) is 0. The summed E-state index contributed by atoms with van der Waals surface area (Å²) < 4.78 is 4.62. The van der Waals surface area contributed by atoms with E-state index in [1.807, 2.05) is 0 Å². The van der Waals surface area contributed by atoms with Crippen LogP contribution in [0.25, 0.3) is 0 Å². The van der Waals surface area contributed by atoms with Gasteiger partial charge in [0.25, 0.3) is 5.95 Å². The molecule has 0 saturated heterocycles. The maximum atomic E-state index is 8.74. The fourth-order valence-corrected chi connectivity index (χ4v) is 0.650. The average Bonchev–Trinajstić information content (AvgIpc) is 2.34. The molecular weight excluding hydrogens is 130 g/mol. The Kier molecular flexibility index (Phi) is 1.78. The van der Waals surface area contributed by atoms with E-state index < -0.39 is 0 Å². The molecule has 0 bridgehead atoms. The van der Waals surface area contributed by atoms with E-state index in [-0.39, 0.29) is 12.0 Å². The van der Waals surface area contributed by atoms with Crippen molar-refractivity contribution in [1.29, 1.82) is 0 Å². The third kappa shape index (κ3) is 1.19. The van der Waals surface area contributed by atoms with Crippen LogP contribution in [0, 0.1) is 0 Å². The Balaban J connectivity index is 2.84. The van der Waals surface area contributed by atoms with Gasteiger partial charge >= 0.3 is 0 Å². The van der Waals surface area contributed by atoms with Gasteiger partial charge in [-0.1, -0.05) is 6.08 Å². The van der Waals surface area contributed by atoms with Gasteiger partial charge in [-0.15, -0.1) is 6.58 Å². The van der Waals surface area contributed by atoms with Gasteiger partial charge in [-0.2, -0.15) is 0 Å². The molecule has 0 saturated carbocycles. The van der Waals surface area contributed by atoms with E-state index in [0.717, 1.165) is 5.56 Å². The van der Waals surface area contributed by atoms with Crippen molar-refractivity contribution in [3.05, 3.63) is 30.5 Å². The maximum absolute atomic E-state index is 8.74. The highest BCUT2D eigenvalue weighted by atomic mass is 16.5. The normalized spacial score (nSPS) is 12.9. The minimum Gasteiger partial charge on any atom is -0.481 e. The number of hydrogen-bond acceptors (Lipinski definition) is 3. The predicted octanol–water partition coefficient (Wildman–Crippen LogP) is 1.17. The van der Waals surface area contributed by atoms with E-state index in [2.05, 4.69) is 11.0 Å². The number of hydrogen-bond donors (Lipinski definition) is 2. The lowest BCUT2D eigenvalue weighted by atomic mass is 10.2. The number of rotatable bonds is 2. The van der Waals surface area contributed by atoms with Gasteiger partial charge in [-0.05, 0) is 0 Å². The minimum absolute atomic E-state index is 0.118. The second-order valence-electron chi connectivity index (χ2n) is 1.98. The van der Waals surface area contributed by atoms with Gasteiger partial charge in [0.2, 0.25) is 0 Å². The SMILES string of the molecule is C=C[C@@H](N)c1coc(O)c1. The fourth-order valence-electron chi connectivity index (χ4n) is 0.650. The van der Waals surface area contributed by atoms with Crippen molar-refractivity contribution in [2.75, 3.05) is 0 Å². The van der Waals surface area contributed by atoms with Crippen LogP contribution in [0.5, 0.6) is 5.95 Å². The van der Waals surface area contributed by atoms with Gasteiger partial charge in [0.1, 0.15) is 0 Å². The molecule has 0 fully saturated rings. The van der Waals surface area contributed by atoms with Crippen LogP contribution >= 0.6 is 0 Å². The molecule has 1 rings (SSSR count). The minimum atomic E-state index is -0.260. The van der Waals surface area contributed by atoms with E-state index in [4.69, 9.17) is 10.8 Å². The first-order chi connectivity index (χ1) is 4.74.